The molecule has 3 aliphatic rings. The van der Waals surface area contributed by atoms with Crippen LogP contribution >= 0.6 is 0 Å². The van der Waals surface area contributed by atoms with E-state index in [1.165, 1.54) is 18.9 Å². The average Bonchev–Trinajstić information content (AvgIpc) is 3.54. The number of nitrogens with zero attached hydrogens (tertiary/aromatic N) is 3. The molecule has 2 aromatic heterocycles. The Morgan fingerprint density at radius 1 is 1.27 bits per heavy atom. The lowest BCUT2D eigenvalue weighted by Crippen LogP contribution is -2.49. The summed E-state index contributed by atoms with van der Waals surface area (Å²) in [4.78, 5) is 51.1. The molecule has 10 nitrogen and oxygen atoms in total. The minimum atomic E-state index is -0.548. The summed E-state index contributed by atoms with van der Waals surface area (Å²) in [5, 5.41) is 4.48. The second-order valence-electron chi connectivity index (χ2n) is 9.04. The molecule has 4 heterocycles. The number of hydrogen-bond acceptors (Lipinski definition) is 8. The fourth-order valence-electron chi connectivity index (χ4n) is 5.01. The standard InChI is InChI=1S/C23H28N4O6/c1-2-31-23(30)27-15-8-10-16(17(27)11-9-15)26-33-22-24-20(29)19-14(5-3-4-13-6-7-13)12-18(28)32-21(19)25-22/h12-13,15,17H,2-11H2,1H3,(H,24,25,29)/b26-16-. The normalized spacial score (nSPS) is 23.3. The molecule has 2 atom stereocenters. The number of ether oxygens (including phenoxy) is 1. The van der Waals surface area contributed by atoms with Gasteiger partial charge in [-0.1, -0.05) is 24.4 Å². The van der Waals surface area contributed by atoms with Crippen molar-refractivity contribution in [2.75, 3.05) is 6.61 Å². The largest absolute Gasteiger partial charge is 0.450 e. The SMILES string of the molecule is CCOC(=O)N1C2CC/C(=N/Oc3nc4oc(=O)cc(CCCC5CC5)c4c(=O)[nH]3)C1CC2. The van der Waals surface area contributed by atoms with E-state index >= 15 is 0 Å². The Balaban J connectivity index is 1.37. The van der Waals surface area contributed by atoms with Gasteiger partial charge in [0.25, 0.3) is 5.56 Å². The van der Waals surface area contributed by atoms with Crippen LogP contribution in [-0.2, 0) is 11.2 Å². The minimum Gasteiger partial charge on any atom is -0.450 e. The lowest BCUT2D eigenvalue weighted by Gasteiger charge is -2.34. The molecule has 2 unspecified atom stereocenters. The quantitative estimate of drug-likeness (QED) is 0.634. The van der Waals surface area contributed by atoms with Gasteiger partial charge in [-0.25, -0.2) is 9.59 Å². The summed E-state index contributed by atoms with van der Waals surface area (Å²) in [7, 11) is 0. The van der Waals surface area contributed by atoms with E-state index in [4.69, 9.17) is 14.0 Å². The summed E-state index contributed by atoms with van der Waals surface area (Å²) in [5.41, 5.74) is 0.310. The molecule has 0 aromatic carbocycles. The molecule has 1 saturated carbocycles. The van der Waals surface area contributed by atoms with E-state index in [0.717, 1.165) is 38.0 Å². The van der Waals surface area contributed by atoms with Gasteiger partial charge < -0.3 is 14.0 Å². The van der Waals surface area contributed by atoms with Crippen LogP contribution in [-0.4, -0.2) is 45.4 Å². The Bertz CT molecular complexity index is 1200. The van der Waals surface area contributed by atoms with Gasteiger partial charge in [-0.2, -0.15) is 4.98 Å². The summed E-state index contributed by atoms with van der Waals surface area (Å²) in [5.74, 6) is 0.779. The van der Waals surface area contributed by atoms with Gasteiger partial charge in [0.15, 0.2) is 0 Å². The number of amides is 1. The zero-order valence-corrected chi connectivity index (χ0v) is 18.7. The number of carbonyl (C=O) groups is 1. The molecule has 5 rings (SSSR count). The van der Waals surface area contributed by atoms with E-state index in [2.05, 4.69) is 15.1 Å². The molecule has 2 saturated heterocycles. The van der Waals surface area contributed by atoms with Crippen LogP contribution in [0, 0.1) is 5.92 Å². The van der Waals surface area contributed by atoms with E-state index in [1.54, 1.807) is 11.8 Å². The van der Waals surface area contributed by atoms with Crippen molar-refractivity contribution in [3.8, 4) is 6.01 Å². The summed E-state index contributed by atoms with van der Waals surface area (Å²) in [6, 6.07) is 1.18. The Labute approximate surface area is 189 Å². The van der Waals surface area contributed by atoms with Gasteiger partial charge >= 0.3 is 17.7 Å². The average molecular weight is 456 g/mol. The van der Waals surface area contributed by atoms with Crippen LogP contribution < -0.4 is 16.0 Å². The van der Waals surface area contributed by atoms with Gasteiger partial charge in [-0.3, -0.25) is 14.7 Å². The molecule has 3 fully saturated rings. The highest BCUT2D eigenvalue weighted by Gasteiger charge is 2.44. The molecule has 2 bridgehead atoms. The van der Waals surface area contributed by atoms with Gasteiger partial charge in [0, 0.05) is 12.1 Å². The van der Waals surface area contributed by atoms with Crippen LogP contribution in [0.5, 0.6) is 6.01 Å². The molecule has 1 amide bonds. The van der Waals surface area contributed by atoms with Crippen molar-refractivity contribution in [2.45, 2.75) is 76.8 Å². The molecule has 0 spiro atoms. The topological polar surface area (TPSA) is 127 Å². The monoisotopic (exact) mass is 456 g/mol. The highest BCUT2D eigenvalue weighted by Crippen LogP contribution is 2.35. The molecule has 2 aromatic rings. The number of piperidine rings is 1. The number of aryl methyl sites for hydroxylation is 1. The maximum atomic E-state index is 12.8. The number of carbonyl (C=O) groups excluding carboxylic acids is 1. The Morgan fingerprint density at radius 2 is 2.12 bits per heavy atom. The fourth-order valence-corrected chi connectivity index (χ4v) is 5.01. The highest BCUT2D eigenvalue weighted by molar-refractivity contribution is 5.93. The van der Waals surface area contributed by atoms with Gasteiger partial charge in [0.1, 0.15) is 5.39 Å². The van der Waals surface area contributed by atoms with Gasteiger partial charge in [-0.05, 0) is 56.9 Å². The van der Waals surface area contributed by atoms with Gasteiger partial charge in [0.05, 0.1) is 18.4 Å². The van der Waals surface area contributed by atoms with Gasteiger partial charge in [0.2, 0.25) is 5.71 Å². The first-order chi connectivity index (χ1) is 16.0. The third kappa shape index (κ3) is 4.51. The summed E-state index contributed by atoms with van der Waals surface area (Å²) >= 11 is 0. The van der Waals surface area contributed by atoms with Crippen molar-refractivity contribution in [3.05, 3.63) is 32.4 Å². The molecule has 10 heteroatoms. The first-order valence-corrected chi connectivity index (χ1v) is 11.8. The Kier molecular flexibility index (Phi) is 5.90. The third-order valence-corrected chi connectivity index (χ3v) is 6.78. The molecule has 1 N–H and O–H groups in total. The summed E-state index contributed by atoms with van der Waals surface area (Å²) in [6.07, 6.45) is 7.95. The molecule has 0 radical (unpaired) electrons. The molecule has 33 heavy (non-hydrogen) atoms. The van der Waals surface area contributed by atoms with E-state index in [-0.39, 0.29) is 35.3 Å². The lowest BCUT2D eigenvalue weighted by atomic mass is 10.0. The predicted molar refractivity (Wildman–Crippen MR) is 120 cm³/mol. The molecule has 1 aliphatic carbocycles. The fraction of sp³-hybridized carbons (Fsp3) is 0.609. The number of nitrogens with one attached hydrogen (secondary N) is 1. The first-order valence-electron chi connectivity index (χ1n) is 11.8. The number of hydrogen-bond donors (Lipinski definition) is 1. The van der Waals surface area contributed by atoms with Crippen molar-refractivity contribution >= 4 is 22.9 Å². The molecule has 176 valence electrons. The number of aromatic nitrogens is 2. The van der Waals surface area contributed by atoms with Crippen molar-refractivity contribution in [3.63, 3.8) is 0 Å². The second kappa shape index (κ2) is 8.99. The zero-order chi connectivity index (χ0) is 22.9. The zero-order valence-electron chi connectivity index (χ0n) is 18.7. The van der Waals surface area contributed by atoms with E-state index < -0.39 is 11.2 Å². The maximum Gasteiger partial charge on any atom is 0.410 e. The van der Waals surface area contributed by atoms with Crippen LogP contribution in [0.4, 0.5) is 4.79 Å². The summed E-state index contributed by atoms with van der Waals surface area (Å²) in [6.45, 7) is 2.09. The van der Waals surface area contributed by atoms with E-state index in [1.807, 2.05) is 0 Å². The smallest absolute Gasteiger partial charge is 0.410 e. The van der Waals surface area contributed by atoms with E-state index in [0.29, 0.717) is 30.7 Å². The number of oxime groups is 1. The third-order valence-electron chi connectivity index (χ3n) is 6.78. The molecular weight excluding hydrogens is 428 g/mol. The Morgan fingerprint density at radius 3 is 2.91 bits per heavy atom. The van der Waals surface area contributed by atoms with Crippen LogP contribution in [0.1, 0.15) is 63.9 Å². The van der Waals surface area contributed by atoms with Crippen molar-refractivity contribution < 1.29 is 18.8 Å². The number of fused-ring (bicyclic) bond motifs is 3. The predicted octanol–water partition coefficient (Wildman–Crippen LogP) is 3.13. The molecular formula is C23H28N4O6. The number of aromatic amines is 1. The Hall–Kier alpha value is -3.17. The maximum absolute atomic E-state index is 12.8. The lowest BCUT2D eigenvalue weighted by molar-refractivity contribution is 0.0909. The van der Waals surface area contributed by atoms with Crippen LogP contribution in [0.2, 0.25) is 0 Å². The van der Waals surface area contributed by atoms with E-state index in [9.17, 15) is 14.4 Å². The number of H-pyrrole nitrogens is 1. The highest BCUT2D eigenvalue weighted by atomic mass is 16.6. The van der Waals surface area contributed by atoms with Crippen LogP contribution in [0.15, 0.2) is 25.2 Å². The van der Waals surface area contributed by atoms with Crippen LogP contribution in [0.25, 0.3) is 11.1 Å². The first kappa shape index (κ1) is 21.7. The van der Waals surface area contributed by atoms with Crippen LogP contribution in [0.3, 0.4) is 0 Å². The van der Waals surface area contributed by atoms with Crippen molar-refractivity contribution in [1.82, 2.24) is 14.9 Å². The van der Waals surface area contributed by atoms with Crippen molar-refractivity contribution in [1.29, 1.82) is 0 Å². The minimum absolute atomic E-state index is 0.0550. The number of rotatable bonds is 7. The van der Waals surface area contributed by atoms with Gasteiger partial charge in [-0.15, -0.1) is 0 Å². The second-order valence-corrected chi connectivity index (χ2v) is 9.04. The summed E-state index contributed by atoms with van der Waals surface area (Å²) < 4.78 is 10.4. The van der Waals surface area contributed by atoms with Crippen molar-refractivity contribution in [2.24, 2.45) is 11.1 Å². The molecule has 2 aliphatic heterocycles.